The van der Waals surface area contributed by atoms with Crippen LogP contribution in [0.4, 0.5) is 13.2 Å². The molecule has 1 heterocycles. The third-order valence-electron chi connectivity index (χ3n) is 4.81. The largest absolute Gasteiger partial charge is 0.573 e. The second-order valence-electron chi connectivity index (χ2n) is 6.78. The van der Waals surface area contributed by atoms with E-state index in [4.69, 9.17) is 14.9 Å². The summed E-state index contributed by atoms with van der Waals surface area (Å²) < 4.78 is 52.3. The lowest BCUT2D eigenvalue weighted by Gasteiger charge is -2.22. The molecule has 0 radical (unpaired) electrons. The number of ether oxygens (including phenoxy) is 3. The molecule has 0 fully saturated rings. The van der Waals surface area contributed by atoms with Gasteiger partial charge in [0.05, 0.1) is 7.11 Å². The lowest BCUT2D eigenvalue weighted by atomic mass is 9.80. The summed E-state index contributed by atoms with van der Waals surface area (Å²) in [5, 5.41) is 14.6. The van der Waals surface area contributed by atoms with Crippen LogP contribution < -0.4 is 14.2 Å². The molecular weight excluding hydrogens is 415 g/mol. The molecule has 1 aromatic heterocycles. The van der Waals surface area contributed by atoms with Crippen molar-refractivity contribution < 1.29 is 32.2 Å². The Morgan fingerprint density at radius 1 is 1.13 bits per heavy atom. The quantitative estimate of drug-likeness (QED) is 0.616. The normalized spacial score (nSPS) is 16.1. The molecule has 1 unspecified atom stereocenters. The predicted octanol–water partition coefficient (Wildman–Crippen LogP) is 4.58. The van der Waals surface area contributed by atoms with E-state index >= 15 is 0 Å². The van der Waals surface area contributed by atoms with E-state index in [2.05, 4.69) is 14.9 Å². The molecule has 1 aliphatic rings. The summed E-state index contributed by atoms with van der Waals surface area (Å²) in [6.07, 6.45) is -3.03. The van der Waals surface area contributed by atoms with Crippen molar-refractivity contribution >= 4 is 11.5 Å². The number of ketones is 1. The van der Waals surface area contributed by atoms with Gasteiger partial charge in [-0.1, -0.05) is 12.1 Å². The topological polar surface area (TPSA) is 97.3 Å². The number of aromatic nitrogens is 2. The summed E-state index contributed by atoms with van der Waals surface area (Å²) >= 11 is 0. The van der Waals surface area contributed by atoms with Crippen LogP contribution in [-0.2, 0) is 4.79 Å². The average molecular weight is 431 g/mol. The number of rotatable bonds is 5. The van der Waals surface area contributed by atoms with Crippen LogP contribution in [0.1, 0.15) is 29.2 Å². The van der Waals surface area contributed by atoms with Crippen molar-refractivity contribution in [3.05, 3.63) is 65.5 Å². The zero-order valence-electron chi connectivity index (χ0n) is 16.1. The second-order valence-corrected chi connectivity index (χ2v) is 6.78. The lowest BCUT2D eigenvalue weighted by Crippen LogP contribution is -2.25. The van der Waals surface area contributed by atoms with E-state index in [0.29, 0.717) is 11.4 Å². The molecular formula is C21H16F3N3O4. The van der Waals surface area contributed by atoms with Crippen LogP contribution in [0.3, 0.4) is 0 Å². The minimum absolute atomic E-state index is 0.117. The number of nitrogens with zero attached hydrogens (tertiary/aromatic N) is 1. The molecule has 31 heavy (non-hydrogen) atoms. The van der Waals surface area contributed by atoms with Crippen LogP contribution in [0.25, 0.3) is 0 Å². The van der Waals surface area contributed by atoms with E-state index in [9.17, 15) is 18.0 Å². The molecule has 0 saturated carbocycles. The Kier molecular flexibility index (Phi) is 5.14. The molecule has 2 N–H and O–H groups in total. The van der Waals surface area contributed by atoms with Gasteiger partial charge in [0, 0.05) is 30.2 Å². The van der Waals surface area contributed by atoms with Gasteiger partial charge in [-0.15, -0.1) is 13.2 Å². The summed E-state index contributed by atoms with van der Waals surface area (Å²) in [4.78, 5) is 12.2. The Hall–Kier alpha value is -3.82. The average Bonchev–Trinajstić information content (AvgIpc) is 3.20. The molecule has 3 aromatic rings. The number of alkyl halides is 3. The molecule has 1 atom stereocenters. The first-order chi connectivity index (χ1) is 14.7. The van der Waals surface area contributed by atoms with Gasteiger partial charge in [-0.25, -0.2) is 0 Å². The molecule has 0 amide bonds. The fourth-order valence-electron chi connectivity index (χ4n) is 3.44. The number of fused-ring (bicyclic) bond motifs is 1. The van der Waals surface area contributed by atoms with Crippen molar-refractivity contribution in [2.75, 3.05) is 7.11 Å². The van der Waals surface area contributed by atoms with Crippen molar-refractivity contribution in [1.29, 1.82) is 5.41 Å². The number of methoxy groups -OCH3 is 1. The maximum absolute atomic E-state index is 12.4. The molecule has 0 aliphatic heterocycles. The van der Waals surface area contributed by atoms with Gasteiger partial charge < -0.3 is 14.2 Å². The van der Waals surface area contributed by atoms with Crippen molar-refractivity contribution in [2.45, 2.75) is 18.7 Å². The second kappa shape index (κ2) is 7.78. The van der Waals surface area contributed by atoms with E-state index in [0.717, 1.165) is 17.2 Å². The van der Waals surface area contributed by atoms with Gasteiger partial charge in [-0.2, -0.15) is 5.10 Å². The van der Waals surface area contributed by atoms with Gasteiger partial charge >= 0.3 is 6.36 Å². The van der Waals surface area contributed by atoms with Crippen molar-refractivity contribution in [3.8, 4) is 23.0 Å². The highest BCUT2D eigenvalue weighted by molar-refractivity contribution is 6.45. The fraction of sp³-hybridized carbons (Fsp3) is 0.190. The number of halogens is 3. The molecule has 1 aliphatic carbocycles. The first kappa shape index (κ1) is 20.5. The number of hydrogen-bond acceptors (Lipinski definition) is 6. The van der Waals surface area contributed by atoms with Crippen molar-refractivity contribution in [2.24, 2.45) is 0 Å². The van der Waals surface area contributed by atoms with E-state index < -0.39 is 12.1 Å². The summed E-state index contributed by atoms with van der Waals surface area (Å²) in [5.41, 5.74) is 1.68. The highest BCUT2D eigenvalue weighted by Gasteiger charge is 2.33. The van der Waals surface area contributed by atoms with Crippen LogP contribution in [0.5, 0.6) is 23.0 Å². The number of benzene rings is 2. The number of hydrogen-bond donors (Lipinski definition) is 2. The van der Waals surface area contributed by atoms with E-state index in [1.165, 1.54) is 25.3 Å². The molecule has 0 spiro atoms. The zero-order chi connectivity index (χ0) is 22.2. The van der Waals surface area contributed by atoms with Crippen molar-refractivity contribution in [3.63, 3.8) is 0 Å². The number of aromatic amines is 1. The van der Waals surface area contributed by atoms with E-state index in [1.54, 1.807) is 24.4 Å². The molecule has 4 rings (SSSR count). The molecule has 2 aromatic carbocycles. The van der Waals surface area contributed by atoms with Crippen LogP contribution >= 0.6 is 0 Å². The highest BCUT2D eigenvalue weighted by Crippen LogP contribution is 2.40. The monoisotopic (exact) mass is 431 g/mol. The third-order valence-corrected chi connectivity index (χ3v) is 4.81. The van der Waals surface area contributed by atoms with Crippen LogP contribution in [0.2, 0.25) is 0 Å². The molecule has 160 valence electrons. The first-order valence-electron chi connectivity index (χ1n) is 9.12. The Balaban J connectivity index is 1.62. The number of H-pyrrole nitrogens is 1. The summed E-state index contributed by atoms with van der Waals surface area (Å²) in [6, 6.07) is 10.2. The Morgan fingerprint density at radius 3 is 2.65 bits per heavy atom. The Labute approximate surface area is 174 Å². The maximum atomic E-state index is 12.4. The molecule has 0 bridgehead atoms. The predicted molar refractivity (Wildman–Crippen MR) is 103 cm³/mol. The summed E-state index contributed by atoms with van der Waals surface area (Å²) in [5.74, 6) is -0.301. The van der Waals surface area contributed by atoms with Gasteiger partial charge in [0.1, 0.15) is 22.9 Å². The zero-order valence-corrected chi connectivity index (χ0v) is 16.1. The molecule has 10 heteroatoms. The maximum Gasteiger partial charge on any atom is 0.573 e. The SMILES string of the molecule is COc1cc(C2CC(=O)C(=N)c3n[nH]cc32)ccc1Oc1cccc(OC(F)(F)F)c1. The van der Waals surface area contributed by atoms with Gasteiger partial charge in [0.15, 0.2) is 17.3 Å². The number of carbonyl (C=O) groups is 1. The standard InChI is InChI=1S/C21H16F3N3O4/c1-29-18-7-11(14-9-16(28)19(25)20-15(14)10-26-27-20)5-6-17(18)30-12-3-2-4-13(8-12)31-21(22,23)24/h2-8,10,14,25H,9H2,1H3,(H,26,27). The van der Waals surface area contributed by atoms with Gasteiger partial charge in [-0.05, 0) is 29.8 Å². The first-order valence-corrected chi connectivity index (χ1v) is 9.12. The summed E-state index contributed by atoms with van der Waals surface area (Å²) in [7, 11) is 1.43. The fourth-order valence-corrected chi connectivity index (χ4v) is 3.44. The smallest absolute Gasteiger partial charge is 0.493 e. The van der Waals surface area contributed by atoms with E-state index in [1.807, 2.05) is 0 Å². The Bertz CT molecular complexity index is 1160. The lowest BCUT2D eigenvalue weighted by molar-refractivity contribution is -0.274. The minimum Gasteiger partial charge on any atom is -0.493 e. The Morgan fingerprint density at radius 2 is 1.90 bits per heavy atom. The van der Waals surface area contributed by atoms with Crippen LogP contribution in [-0.4, -0.2) is 35.2 Å². The number of carbonyl (C=O) groups excluding carboxylic acids is 1. The van der Waals surface area contributed by atoms with Crippen LogP contribution in [0, 0.1) is 5.41 Å². The van der Waals surface area contributed by atoms with E-state index in [-0.39, 0.29) is 35.3 Å². The number of Topliss-reactive ketones (excluding diaryl/α,β-unsaturated/α-hetero) is 1. The molecule has 0 saturated heterocycles. The molecule has 7 nitrogen and oxygen atoms in total. The number of nitrogens with one attached hydrogen (secondary N) is 2. The van der Waals surface area contributed by atoms with Gasteiger partial charge in [0.25, 0.3) is 0 Å². The van der Waals surface area contributed by atoms with Gasteiger partial charge in [-0.3, -0.25) is 15.3 Å². The summed E-state index contributed by atoms with van der Waals surface area (Å²) in [6.45, 7) is 0. The minimum atomic E-state index is -4.81. The van der Waals surface area contributed by atoms with Gasteiger partial charge in [0.2, 0.25) is 0 Å². The van der Waals surface area contributed by atoms with Crippen LogP contribution in [0.15, 0.2) is 48.7 Å². The van der Waals surface area contributed by atoms with Crippen molar-refractivity contribution in [1.82, 2.24) is 10.2 Å². The third kappa shape index (κ3) is 4.23. The highest BCUT2D eigenvalue weighted by atomic mass is 19.4.